The van der Waals surface area contributed by atoms with Crippen molar-refractivity contribution in [3.63, 3.8) is 0 Å². The van der Waals surface area contributed by atoms with Gasteiger partial charge in [0.25, 0.3) is 0 Å². The predicted octanol–water partition coefficient (Wildman–Crippen LogP) is 3.51. The van der Waals surface area contributed by atoms with Crippen LogP contribution in [0.4, 0.5) is 0 Å². The number of imidazole rings is 1. The Morgan fingerprint density at radius 3 is 2.42 bits per heavy atom. The van der Waals surface area contributed by atoms with Crippen LogP contribution in [0.25, 0.3) is 4.83 Å². The summed E-state index contributed by atoms with van der Waals surface area (Å²) in [6.45, 7) is 15.3. The van der Waals surface area contributed by atoms with E-state index >= 15 is 0 Å². The van der Waals surface area contributed by atoms with Gasteiger partial charge in [-0.3, -0.25) is 19.0 Å². The number of carbonyl (C=O) groups is 3. The maximum Gasteiger partial charge on any atom is 0.344 e. The summed E-state index contributed by atoms with van der Waals surface area (Å²) in [5.41, 5.74) is -0.910. The minimum absolute atomic E-state index is 0.0594. The number of pyridine rings is 1. The van der Waals surface area contributed by atoms with Gasteiger partial charge < -0.3 is 28.0 Å². The third kappa shape index (κ3) is 6.83. The number of methoxy groups -OCH3 is 2. The van der Waals surface area contributed by atoms with Gasteiger partial charge in [0.05, 0.1) is 16.8 Å². The van der Waals surface area contributed by atoms with Crippen LogP contribution in [0.15, 0.2) is 49.7 Å². The van der Waals surface area contributed by atoms with E-state index in [-0.39, 0.29) is 24.2 Å². The van der Waals surface area contributed by atoms with Crippen molar-refractivity contribution in [1.29, 1.82) is 0 Å². The number of esters is 1. The van der Waals surface area contributed by atoms with Gasteiger partial charge in [0.1, 0.15) is 29.7 Å². The molecule has 12 nitrogen and oxygen atoms in total. The van der Waals surface area contributed by atoms with E-state index in [1.165, 1.54) is 36.5 Å². The molecule has 3 aromatic rings. The third-order valence-corrected chi connectivity index (χ3v) is 12.1. The SMILES string of the molecule is C=CCOC(=O)C(Cl)N1C(=O)[C@@H]([C@@H](C)C(C)(C)C(O[SiH2]C)O[SiH2]C)[C@H]1[C@@H](C)C(=O)c1cn2cnc(C(OC)(OC)c3cccnc3)c2s1. The van der Waals surface area contributed by atoms with Crippen molar-refractivity contribution in [2.45, 2.75) is 64.4 Å². The lowest BCUT2D eigenvalue weighted by Gasteiger charge is -2.56. The van der Waals surface area contributed by atoms with Crippen LogP contribution in [0.1, 0.15) is 48.6 Å². The first kappa shape index (κ1) is 38.0. The molecule has 1 amide bonds. The molecule has 0 bridgehead atoms. The zero-order valence-corrected chi connectivity index (χ0v) is 33.1. The van der Waals surface area contributed by atoms with Crippen molar-refractivity contribution in [3.05, 3.63) is 65.8 Å². The van der Waals surface area contributed by atoms with Gasteiger partial charge in [-0.15, -0.1) is 11.3 Å². The molecule has 48 heavy (non-hydrogen) atoms. The number of aromatic nitrogens is 3. The van der Waals surface area contributed by atoms with Crippen molar-refractivity contribution in [2.75, 3.05) is 20.8 Å². The Morgan fingerprint density at radius 2 is 1.85 bits per heavy atom. The summed E-state index contributed by atoms with van der Waals surface area (Å²) in [6, 6.07) is 2.90. The van der Waals surface area contributed by atoms with Crippen molar-refractivity contribution in [1.82, 2.24) is 19.3 Å². The summed E-state index contributed by atoms with van der Waals surface area (Å²) in [7, 11) is 1.39. The van der Waals surface area contributed by atoms with Gasteiger partial charge >= 0.3 is 5.97 Å². The van der Waals surface area contributed by atoms with Gasteiger partial charge in [0, 0.05) is 49.7 Å². The summed E-state index contributed by atoms with van der Waals surface area (Å²) >= 11 is 7.84. The van der Waals surface area contributed by atoms with Gasteiger partial charge in [-0.2, -0.15) is 0 Å². The topological polar surface area (TPSA) is 131 Å². The number of Topliss-reactive ketones (excluding diaryl/α,β-unsaturated/α-hetero) is 1. The lowest BCUT2D eigenvalue weighted by atomic mass is 9.63. The molecule has 1 saturated heterocycles. The van der Waals surface area contributed by atoms with Gasteiger partial charge in [-0.05, 0) is 12.0 Å². The lowest BCUT2D eigenvalue weighted by Crippen LogP contribution is -2.70. The van der Waals surface area contributed by atoms with Gasteiger partial charge in [0.15, 0.2) is 25.3 Å². The van der Waals surface area contributed by atoms with Crippen molar-refractivity contribution in [3.8, 4) is 0 Å². The average Bonchev–Trinajstić information content (AvgIpc) is 3.68. The highest BCUT2D eigenvalue weighted by molar-refractivity contribution is 7.19. The lowest BCUT2D eigenvalue weighted by molar-refractivity contribution is -0.185. The smallest absolute Gasteiger partial charge is 0.344 e. The van der Waals surface area contributed by atoms with E-state index in [0.29, 0.717) is 21.0 Å². The summed E-state index contributed by atoms with van der Waals surface area (Å²) < 4.78 is 31.0. The highest BCUT2D eigenvalue weighted by atomic mass is 35.5. The van der Waals surface area contributed by atoms with E-state index in [1.54, 1.807) is 42.3 Å². The Morgan fingerprint density at radius 1 is 1.19 bits per heavy atom. The highest BCUT2D eigenvalue weighted by Gasteiger charge is 2.60. The van der Waals surface area contributed by atoms with Crippen LogP contribution < -0.4 is 0 Å². The molecule has 16 heteroatoms. The van der Waals surface area contributed by atoms with Gasteiger partial charge in [0.2, 0.25) is 17.2 Å². The fourth-order valence-corrected chi connectivity index (χ4v) is 9.68. The zero-order chi connectivity index (χ0) is 35.4. The standard InChI is InChI=1S/C32H45ClN4O8SSi2/c1-10-14-43-29(40)26(33)37-23(22(27(37)39)19(3)31(4,5)30(44-47-8)45-48-9)18(2)24(38)21-16-36-17-35-25(28(36)46-21)32(41-6,42-7)20-12-11-13-34-15-20/h10-13,15-19,22-23,26,30H,1,14,47-48H2,2-9H3/t18-,19-,22+,23-,26?/m1/s1. The van der Waals surface area contributed by atoms with Crippen LogP contribution in [0.3, 0.4) is 0 Å². The van der Waals surface area contributed by atoms with Crippen molar-refractivity contribution >= 4 is 65.0 Å². The highest BCUT2D eigenvalue weighted by Crippen LogP contribution is 2.48. The first-order valence-corrected chi connectivity index (χ1v) is 21.1. The van der Waals surface area contributed by atoms with Crippen LogP contribution in [0, 0.1) is 23.2 Å². The number of thiazole rings is 1. The monoisotopic (exact) mass is 736 g/mol. The number of rotatable bonds is 18. The quantitative estimate of drug-likeness (QED) is 0.0280. The van der Waals surface area contributed by atoms with Crippen LogP contribution >= 0.6 is 22.9 Å². The Bertz CT molecular complexity index is 1590. The summed E-state index contributed by atoms with van der Waals surface area (Å²) in [5, 5.41) is 0. The number of likely N-dealkylation sites (tertiary alicyclic amines) is 1. The van der Waals surface area contributed by atoms with E-state index in [2.05, 4.69) is 16.5 Å². The summed E-state index contributed by atoms with van der Waals surface area (Å²) in [6.07, 6.45) is 7.52. The Hall–Kier alpha value is -2.77. The summed E-state index contributed by atoms with van der Waals surface area (Å²) in [4.78, 5) is 52.3. The molecule has 262 valence electrons. The molecule has 5 atom stereocenters. The minimum Gasteiger partial charge on any atom is -0.459 e. The normalized spacial score (nSPS) is 19.9. The molecule has 0 N–H and O–H groups in total. The molecule has 4 rings (SSSR count). The number of amides is 1. The second-order valence-electron chi connectivity index (χ2n) is 12.2. The molecular formula is C32H45ClN4O8SSi2. The molecule has 0 saturated carbocycles. The maximum atomic E-state index is 14.3. The van der Waals surface area contributed by atoms with E-state index in [4.69, 9.17) is 34.7 Å². The molecule has 3 aromatic heterocycles. The number of hydrogen-bond acceptors (Lipinski definition) is 11. The largest absolute Gasteiger partial charge is 0.459 e. The van der Waals surface area contributed by atoms with Crippen LogP contribution in [0.5, 0.6) is 0 Å². The Kier molecular flexibility index (Phi) is 12.6. The predicted molar refractivity (Wildman–Crippen MR) is 188 cm³/mol. The van der Waals surface area contributed by atoms with Crippen LogP contribution in [-0.4, -0.2) is 95.1 Å². The number of halogens is 1. The first-order chi connectivity index (χ1) is 22.9. The number of nitrogens with zero attached hydrogens (tertiary/aromatic N) is 4. The van der Waals surface area contributed by atoms with E-state index in [9.17, 15) is 14.4 Å². The first-order valence-electron chi connectivity index (χ1n) is 15.8. The third-order valence-electron chi connectivity index (χ3n) is 9.27. The Balaban J connectivity index is 1.73. The number of fused-ring (bicyclic) bond motifs is 1. The molecule has 0 aromatic carbocycles. The molecule has 4 heterocycles. The van der Waals surface area contributed by atoms with Gasteiger partial charge in [-0.1, -0.05) is 71.1 Å². The van der Waals surface area contributed by atoms with E-state index < -0.39 is 66.4 Å². The molecular weight excluding hydrogens is 692 g/mol. The number of alkyl halides is 1. The molecule has 0 aliphatic carbocycles. The second-order valence-corrected chi connectivity index (χ2v) is 15.5. The molecule has 1 fully saturated rings. The van der Waals surface area contributed by atoms with Gasteiger partial charge in [-0.25, -0.2) is 9.78 Å². The molecule has 1 aliphatic rings. The van der Waals surface area contributed by atoms with E-state index in [1.807, 2.05) is 39.9 Å². The fraction of sp³-hybridized carbons (Fsp3) is 0.531. The second kappa shape index (κ2) is 15.8. The van der Waals surface area contributed by atoms with E-state index in [0.717, 1.165) is 0 Å². The minimum atomic E-state index is -1.42. The molecule has 0 spiro atoms. The number of carbonyl (C=O) groups excluding carboxylic acids is 3. The maximum absolute atomic E-state index is 14.3. The van der Waals surface area contributed by atoms with Crippen LogP contribution in [0.2, 0.25) is 13.1 Å². The number of ketones is 1. The van der Waals surface area contributed by atoms with Crippen molar-refractivity contribution in [2.24, 2.45) is 23.2 Å². The Labute approximate surface area is 295 Å². The number of ether oxygens (including phenoxy) is 3. The zero-order valence-electron chi connectivity index (χ0n) is 28.7. The average molecular weight is 737 g/mol. The number of β-lactam (4-membered cyclic amide) rings is 1. The number of hydrogen-bond donors (Lipinski definition) is 0. The fourth-order valence-electron chi connectivity index (χ4n) is 6.39. The molecule has 1 unspecified atom stereocenters. The van der Waals surface area contributed by atoms with Crippen molar-refractivity contribution < 1.29 is 37.4 Å². The van der Waals surface area contributed by atoms with Crippen LogP contribution in [-0.2, 0) is 38.4 Å². The molecule has 1 aliphatic heterocycles. The summed E-state index contributed by atoms with van der Waals surface area (Å²) in [5.74, 6) is -4.38. The molecule has 0 radical (unpaired) electrons.